The Morgan fingerprint density at radius 2 is 2.14 bits per heavy atom. The summed E-state index contributed by atoms with van der Waals surface area (Å²) >= 11 is 0. The van der Waals surface area contributed by atoms with Gasteiger partial charge in [0.2, 0.25) is 0 Å². The van der Waals surface area contributed by atoms with E-state index in [2.05, 4.69) is 17.4 Å². The van der Waals surface area contributed by atoms with Crippen LogP contribution in [0.2, 0.25) is 0 Å². The first kappa shape index (κ1) is 16.3. The van der Waals surface area contributed by atoms with Gasteiger partial charge in [0.25, 0.3) is 0 Å². The van der Waals surface area contributed by atoms with Gasteiger partial charge in [-0.25, -0.2) is 0 Å². The summed E-state index contributed by atoms with van der Waals surface area (Å²) in [5.74, 6) is 0.819. The van der Waals surface area contributed by atoms with E-state index in [0.29, 0.717) is 12.6 Å². The fraction of sp³-hybridized carbons (Fsp3) is 0.647. The molecule has 0 aliphatic heterocycles. The molecule has 0 aromatic heterocycles. The quantitative estimate of drug-likeness (QED) is 0.811. The highest BCUT2D eigenvalue weighted by Crippen LogP contribution is 2.32. The van der Waals surface area contributed by atoms with Crippen molar-refractivity contribution < 1.29 is 14.6 Å². The molecular formula is C17H27NO3. The molecule has 1 aromatic rings. The summed E-state index contributed by atoms with van der Waals surface area (Å²) < 4.78 is 11.1. The molecule has 1 aromatic carbocycles. The minimum absolute atomic E-state index is 0.125. The third-order valence-electron chi connectivity index (χ3n) is 3.84. The molecule has 2 unspecified atom stereocenters. The minimum Gasteiger partial charge on any atom is -0.491 e. The van der Waals surface area contributed by atoms with Gasteiger partial charge in [0.15, 0.2) is 0 Å². The van der Waals surface area contributed by atoms with Gasteiger partial charge in [-0.3, -0.25) is 0 Å². The maximum absolute atomic E-state index is 9.83. The van der Waals surface area contributed by atoms with E-state index in [1.807, 2.05) is 27.0 Å². The van der Waals surface area contributed by atoms with Crippen LogP contribution in [0.25, 0.3) is 0 Å². The Hall–Kier alpha value is -1.10. The van der Waals surface area contributed by atoms with Crippen molar-refractivity contribution in [3.05, 3.63) is 29.3 Å². The average Bonchev–Trinajstić information content (AvgIpc) is 2.50. The molecule has 0 spiro atoms. The predicted octanol–water partition coefficient (Wildman–Crippen LogP) is 2.45. The number of aliphatic hydroxyl groups is 1. The molecule has 2 rings (SSSR count). The summed E-state index contributed by atoms with van der Waals surface area (Å²) in [6.07, 6.45) is 3.06. The van der Waals surface area contributed by atoms with Crippen molar-refractivity contribution in [1.29, 1.82) is 0 Å². The van der Waals surface area contributed by atoms with E-state index in [1.54, 1.807) is 0 Å². The minimum atomic E-state index is -0.594. The summed E-state index contributed by atoms with van der Waals surface area (Å²) in [6, 6.07) is 6.65. The maximum atomic E-state index is 9.83. The van der Waals surface area contributed by atoms with Gasteiger partial charge in [-0.15, -0.1) is 0 Å². The predicted molar refractivity (Wildman–Crippen MR) is 83.8 cm³/mol. The summed E-state index contributed by atoms with van der Waals surface area (Å²) in [7, 11) is 2.00. The first-order valence-electron chi connectivity index (χ1n) is 7.82. The number of hydrogen-bond acceptors (Lipinski definition) is 4. The van der Waals surface area contributed by atoms with Gasteiger partial charge in [-0.2, -0.15) is 0 Å². The Bertz CT molecular complexity index is 448. The van der Waals surface area contributed by atoms with Crippen LogP contribution in [0.3, 0.4) is 0 Å². The summed E-state index contributed by atoms with van der Waals surface area (Å²) in [6.45, 7) is 4.47. The molecule has 1 aliphatic rings. The van der Waals surface area contributed by atoms with Crippen LogP contribution < -0.4 is 10.1 Å². The number of nitrogens with one attached hydrogen (secondary N) is 1. The Balaban J connectivity index is 1.92. The molecule has 0 fully saturated rings. The van der Waals surface area contributed by atoms with Crippen LogP contribution in [-0.4, -0.2) is 37.6 Å². The normalized spacial score (nSPS) is 19.4. The summed E-state index contributed by atoms with van der Waals surface area (Å²) in [4.78, 5) is 0. The standard InChI is InChI=1S/C17H27NO3/c1-12(2)20-10-14(19)11-21-15-8-7-13-5-4-6-17(18-3)16(13)9-15/h7-9,12,14,17-19H,4-6,10-11H2,1-3H3. The molecular weight excluding hydrogens is 266 g/mol. The number of aliphatic hydroxyl groups excluding tert-OH is 1. The van der Waals surface area contributed by atoms with Crippen molar-refractivity contribution in [2.24, 2.45) is 0 Å². The van der Waals surface area contributed by atoms with E-state index in [9.17, 15) is 5.11 Å². The lowest BCUT2D eigenvalue weighted by atomic mass is 9.87. The molecule has 0 saturated carbocycles. The molecule has 2 N–H and O–H groups in total. The number of rotatable bonds is 7. The molecule has 0 saturated heterocycles. The van der Waals surface area contributed by atoms with E-state index in [0.717, 1.165) is 18.6 Å². The second-order valence-corrected chi connectivity index (χ2v) is 5.94. The van der Waals surface area contributed by atoms with Crippen molar-refractivity contribution in [2.75, 3.05) is 20.3 Å². The number of aryl methyl sites for hydroxylation is 1. The first-order chi connectivity index (χ1) is 10.1. The molecule has 2 atom stereocenters. The monoisotopic (exact) mass is 293 g/mol. The Morgan fingerprint density at radius 3 is 2.86 bits per heavy atom. The number of fused-ring (bicyclic) bond motifs is 1. The van der Waals surface area contributed by atoms with Gasteiger partial charge >= 0.3 is 0 Å². The van der Waals surface area contributed by atoms with E-state index < -0.39 is 6.10 Å². The lowest BCUT2D eigenvalue weighted by Crippen LogP contribution is -2.25. The van der Waals surface area contributed by atoms with Crippen LogP contribution >= 0.6 is 0 Å². The van der Waals surface area contributed by atoms with E-state index in [-0.39, 0.29) is 12.7 Å². The number of ether oxygens (including phenoxy) is 2. The third-order valence-corrected chi connectivity index (χ3v) is 3.84. The van der Waals surface area contributed by atoms with E-state index in [4.69, 9.17) is 9.47 Å². The number of benzene rings is 1. The topological polar surface area (TPSA) is 50.7 Å². The van der Waals surface area contributed by atoms with E-state index >= 15 is 0 Å². The van der Waals surface area contributed by atoms with Crippen LogP contribution in [0.1, 0.15) is 43.9 Å². The van der Waals surface area contributed by atoms with Crippen molar-refractivity contribution in [2.45, 2.75) is 51.4 Å². The van der Waals surface area contributed by atoms with Gasteiger partial charge in [0.1, 0.15) is 18.5 Å². The summed E-state index contributed by atoms with van der Waals surface area (Å²) in [5.41, 5.74) is 2.73. The van der Waals surface area contributed by atoms with Crippen molar-refractivity contribution >= 4 is 0 Å². The SMILES string of the molecule is CNC1CCCc2ccc(OCC(O)COC(C)C)cc21. The van der Waals surface area contributed by atoms with Crippen LogP contribution in [0.4, 0.5) is 0 Å². The average molecular weight is 293 g/mol. The van der Waals surface area contributed by atoms with Crippen LogP contribution in [0.15, 0.2) is 18.2 Å². The lowest BCUT2D eigenvalue weighted by molar-refractivity contribution is -0.0123. The van der Waals surface area contributed by atoms with Crippen LogP contribution in [0, 0.1) is 0 Å². The molecule has 4 nitrogen and oxygen atoms in total. The van der Waals surface area contributed by atoms with Gasteiger partial charge in [0.05, 0.1) is 12.7 Å². The first-order valence-corrected chi connectivity index (χ1v) is 7.82. The highest BCUT2D eigenvalue weighted by Gasteiger charge is 2.19. The van der Waals surface area contributed by atoms with Crippen LogP contribution in [-0.2, 0) is 11.2 Å². The van der Waals surface area contributed by atoms with Gasteiger partial charge in [-0.05, 0) is 63.4 Å². The smallest absolute Gasteiger partial charge is 0.119 e. The zero-order chi connectivity index (χ0) is 15.2. The zero-order valence-electron chi connectivity index (χ0n) is 13.3. The molecule has 0 radical (unpaired) electrons. The van der Waals surface area contributed by atoms with Gasteiger partial charge in [-0.1, -0.05) is 6.07 Å². The van der Waals surface area contributed by atoms with Crippen LogP contribution in [0.5, 0.6) is 5.75 Å². The summed E-state index contributed by atoms with van der Waals surface area (Å²) in [5, 5.41) is 13.2. The zero-order valence-corrected chi connectivity index (χ0v) is 13.3. The van der Waals surface area contributed by atoms with Gasteiger partial charge in [0, 0.05) is 6.04 Å². The van der Waals surface area contributed by atoms with Gasteiger partial charge < -0.3 is 19.9 Å². The molecule has 0 heterocycles. The largest absolute Gasteiger partial charge is 0.491 e. The van der Waals surface area contributed by atoms with Crippen molar-refractivity contribution in [3.63, 3.8) is 0 Å². The molecule has 0 bridgehead atoms. The Kier molecular flexibility index (Phi) is 6.03. The third kappa shape index (κ3) is 4.70. The highest BCUT2D eigenvalue weighted by molar-refractivity contribution is 5.39. The molecule has 21 heavy (non-hydrogen) atoms. The fourth-order valence-corrected chi connectivity index (χ4v) is 2.71. The molecule has 1 aliphatic carbocycles. The molecule has 118 valence electrons. The second-order valence-electron chi connectivity index (χ2n) is 5.94. The van der Waals surface area contributed by atoms with Crippen molar-refractivity contribution in [3.8, 4) is 5.75 Å². The van der Waals surface area contributed by atoms with Crippen molar-refractivity contribution in [1.82, 2.24) is 5.32 Å². The Morgan fingerprint density at radius 1 is 1.33 bits per heavy atom. The number of hydrogen-bond donors (Lipinski definition) is 2. The highest BCUT2D eigenvalue weighted by atomic mass is 16.5. The Labute approximate surface area is 127 Å². The van der Waals surface area contributed by atoms with E-state index in [1.165, 1.54) is 17.5 Å². The fourth-order valence-electron chi connectivity index (χ4n) is 2.71. The molecule has 0 amide bonds. The lowest BCUT2D eigenvalue weighted by Gasteiger charge is -2.26. The maximum Gasteiger partial charge on any atom is 0.119 e. The second kappa shape index (κ2) is 7.78. The molecule has 4 heteroatoms.